The fourth-order valence-electron chi connectivity index (χ4n) is 3.00. The van der Waals surface area contributed by atoms with Gasteiger partial charge in [-0.2, -0.15) is 4.68 Å². The molecule has 7 nitrogen and oxygen atoms in total. The van der Waals surface area contributed by atoms with Gasteiger partial charge in [0.1, 0.15) is 5.76 Å². The molecule has 0 radical (unpaired) electrons. The van der Waals surface area contributed by atoms with Crippen LogP contribution in [0.15, 0.2) is 81.6 Å². The molecule has 0 amide bonds. The Balaban J connectivity index is 1.59. The molecule has 3 aromatic heterocycles. The fraction of sp³-hybridized carbons (Fsp3) is 0.227. The normalized spacial score (nSPS) is 11.0. The summed E-state index contributed by atoms with van der Waals surface area (Å²) in [6, 6.07) is 15.5. The highest BCUT2D eigenvalue weighted by Gasteiger charge is 2.15. The van der Waals surface area contributed by atoms with Crippen LogP contribution in [0, 0.1) is 0 Å². The number of benzene rings is 1. The number of anilines is 2. The summed E-state index contributed by atoms with van der Waals surface area (Å²) in [5.41, 5.74) is 1.80. The summed E-state index contributed by atoms with van der Waals surface area (Å²) in [7, 11) is 0. The Morgan fingerprint density at radius 3 is 2.57 bits per heavy atom. The Hall–Kier alpha value is -3.26. The molecule has 0 aliphatic carbocycles. The smallest absolute Gasteiger partial charge is 0.316 e. The Labute approximate surface area is 178 Å². The quantitative estimate of drug-likeness (QED) is 0.394. The maximum atomic E-state index is 13.2. The largest absolute Gasteiger partial charge is 0.468 e. The van der Waals surface area contributed by atoms with Crippen molar-refractivity contribution in [2.24, 2.45) is 0 Å². The van der Waals surface area contributed by atoms with Gasteiger partial charge in [-0.3, -0.25) is 9.47 Å². The Morgan fingerprint density at radius 1 is 1.07 bits per heavy atom. The minimum atomic E-state index is -0.279. The summed E-state index contributed by atoms with van der Waals surface area (Å²) in [6.45, 7) is 2.18. The number of aromatic nitrogens is 4. The van der Waals surface area contributed by atoms with E-state index in [4.69, 9.17) is 4.42 Å². The van der Waals surface area contributed by atoms with Crippen LogP contribution < -0.4 is 10.9 Å². The van der Waals surface area contributed by atoms with Gasteiger partial charge in [0.25, 0.3) is 0 Å². The maximum absolute atomic E-state index is 13.2. The molecule has 154 valence electrons. The monoisotopic (exact) mass is 421 g/mol. The lowest BCUT2D eigenvalue weighted by Gasteiger charge is -2.13. The van der Waals surface area contributed by atoms with E-state index in [9.17, 15) is 4.79 Å². The fourth-order valence-corrected chi connectivity index (χ4v) is 3.83. The van der Waals surface area contributed by atoms with E-state index in [0.29, 0.717) is 10.9 Å². The predicted octanol–water partition coefficient (Wildman–Crippen LogP) is 4.72. The number of aryl methyl sites for hydroxylation is 1. The first-order chi connectivity index (χ1) is 14.7. The van der Waals surface area contributed by atoms with Gasteiger partial charge in [0.2, 0.25) is 11.0 Å². The molecule has 0 saturated carbocycles. The van der Waals surface area contributed by atoms with Gasteiger partial charge in [0.15, 0.2) is 0 Å². The number of rotatable bonds is 9. The van der Waals surface area contributed by atoms with Crippen LogP contribution in [0.1, 0.15) is 31.1 Å². The number of thioether (sulfide) groups is 1. The van der Waals surface area contributed by atoms with Crippen LogP contribution in [-0.4, -0.2) is 19.5 Å². The molecule has 0 aliphatic heterocycles. The van der Waals surface area contributed by atoms with E-state index in [0.717, 1.165) is 24.3 Å². The first-order valence-electron chi connectivity index (χ1n) is 9.89. The van der Waals surface area contributed by atoms with Crippen molar-refractivity contribution in [2.45, 2.75) is 37.1 Å². The van der Waals surface area contributed by atoms with Gasteiger partial charge in [-0.15, -0.1) is 10.2 Å². The molecule has 8 heteroatoms. The molecule has 0 atom stereocenters. The van der Waals surface area contributed by atoms with Crippen LogP contribution in [0.5, 0.6) is 0 Å². The second kappa shape index (κ2) is 9.49. The van der Waals surface area contributed by atoms with Crippen LogP contribution in [0.2, 0.25) is 0 Å². The van der Waals surface area contributed by atoms with Gasteiger partial charge in [-0.05, 0) is 54.8 Å². The lowest BCUT2D eigenvalue weighted by Crippen LogP contribution is -2.30. The van der Waals surface area contributed by atoms with E-state index in [2.05, 4.69) is 34.6 Å². The molecule has 4 aromatic rings. The summed E-state index contributed by atoms with van der Waals surface area (Å²) in [6.07, 6.45) is 8.61. The minimum absolute atomic E-state index is 0.173. The highest BCUT2D eigenvalue weighted by Crippen LogP contribution is 2.21. The first kappa shape index (κ1) is 20.0. The second-order valence-corrected chi connectivity index (χ2v) is 7.75. The minimum Gasteiger partial charge on any atom is -0.468 e. The summed E-state index contributed by atoms with van der Waals surface area (Å²) in [5.74, 6) is 1.53. The zero-order chi connectivity index (χ0) is 20.8. The van der Waals surface area contributed by atoms with E-state index in [1.165, 1.54) is 28.4 Å². The standard InChI is InChI=1S/C22H23N5O2S/c1-2-3-7-17-9-11-18(12-10-17)23-20-21(28)27(26-13-4-5-14-26)22(25-24-20)30-16-19-8-6-15-29-19/h4-6,8-15H,2-3,7,16H2,1H3,(H,23,24). The van der Waals surface area contributed by atoms with Gasteiger partial charge in [-0.1, -0.05) is 37.2 Å². The van der Waals surface area contributed by atoms with Crippen molar-refractivity contribution in [3.8, 4) is 0 Å². The maximum Gasteiger partial charge on any atom is 0.316 e. The topological polar surface area (TPSA) is 77.9 Å². The summed E-state index contributed by atoms with van der Waals surface area (Å²) in [4.78, 5) is 13.2. The Bertz CT molecular complexity index is 1120. The molecule has 1 aromatic carbocycles. The molecular formula is C22H23N5O2S. The van der Waals surface area contributed by atoms with Crippen LogP contribution in [0.4, 0.5) is 11.5 Å². The zero-order valence-corrected chi connectivity index (χ0v) is 17.5. The van der Waals surface area contributed by atoms with Crippen molar-refractivity contribution in [1.82, 2.24) is 19.5 Å². The van der Waals surface area contributed by atoms with Crippen molar-refractivity contribution < 1.29 is 4.42 Å². The molecule has 3 heterocycles. The van der Waals surface area contributed by atoms with E-state index < -0.39 is 0 Å². The molecule has 0 saturated heterocycles. The summed E-state index contributed by atoms with van der Waals surface area (Å²) >= 11 is 1.39. The van der Waals surface area contributed by atoms with Gasteiger partial charge in [-0.25, -0.2) is 0 Å². The van der Waals surface area contributed by atoms with Crippen LogP contribution in [0.25, 0.3) is 0 Å². The molecule has 0 fully saturated rings. The van der Waals surface area contributed by atoms with Gasteiger partial charge < -0.3 is 9.73 Å². The summed E-state index contributed by atoms with van der Waals surface area (Å²) in [5, 5.41) is 12.0. The zero-order valence-electron chi connectivity index (χ0n) is 16.7. The molecule has 30 heavy (non-hydrogen) atoms. The average molecular weight is 422 g/mol. The average Bonchev–Trinajstić information content (AvgIpc) is 3.48. The second-order valence-electron chi connectivity index (χ2n) is 6.80. The van der Waals surface area contributed by atoms with Crippen LogP contribution in [0.3, 0.4) is 0 Å². The Morgan fingerprint density at radius 2 is 1.87 bits per heavy atom. The third kappa shape index (κ3) is 4.65. The van der Waals surface area contributed by atoms with E-state index in [1.54, 1.807) is 23.3 Å². The number of nitrogens with zero attached hydrogens (tertiary/aromatic N) is 4. The Kier molecular flexibility index (Phi) is 6.34. The molecule has 4 rings (SSSR count). The molecule has 1 N–H and O–H groups in total. The molecule has 0 spiro atoms. The van der Waals surface area contributed by atoms with Crippen molar-refractivity contribution >= 4 is 23.3 Å². The summed E-state index contributed by atoms with van der Waals surface area (Å²) < 4.78 is 8.57. The van der Waals surface area contributed by atoms with Crippen LogP contribution >= 0.6 is 11.8 Å². The van der Waals surface area contributed by atoms with Crippen molar-refractivity contribution in [3.63, 3.8) is 0 Å². The highest BCUT2D eigenvalue weighted by molar-refractivity contribution is 7.98. The number of furan rings is 1. The SMILES string of the molecule is CCCCc1ccc(Nc2nnc(SCc3ccco3)n(-n3cccc3)c2=O)cc1. The van der Waals surface area contributed by atoms with E-state index >= 15 is 0 Å². The number of unbranched alkanes of at least 4 members (excludes halogenated alkanes) is 1. The van der Waals surface area contributed by atoms with Crippen molar-refractivity contribution in [2.75, 3.05) is 5.32 Å². The third-order valence-corrected chi connectivity index (χ3v) is 5.53. The van der Waals surface area contributed by atoms with Crippen molar-refractivity contribution in [3.05, 3.63) is 88.9 Å². The van der Waals surface area contributed by atoms with Gasteiger partial charge in [0.05, 0.1) is 12.0 Å². The van der Waals surface area contributed by atoms with Gasteiger partial charge >= 0.3 is 5.56 Å². The third-order valence-electron chi connectivity index (χ3n) is 4.59. The molecule has 0 aliphatic rings. The van der Waals surface area contributed by atoms with E-state index in [1.807, 2.05) is 36.4 Å². The lowest BCUT2D eigenvalue weighted by atomic mass is 10.1. The molecule has 0 unspecified atom stereocenters. The number of nitrogens with one attached hydrogen (secondary N) is 1. The molecular weight excluding hydrogens is 398 g/mol. The van der Waals surface area contributed by atoms with Crippen molar-refractivity contribution in [1.29, 1.82) is 0 Å². The van der Waals surface area contributed by atoms with Gasteiger partial charge in [0, 0.05) is 18.1 Å². The molecule has 0 bridgehead atoms. The number of hydrogen-bond acceptors (Lipinski definition) is 6. The van der Waals surface area contributed by atoms with E-state index in [-0.39, 0.29) is 11.4 Å². The highest BCUT2D eigenvalue weighted by atomic mass is 32.2. The predicted molar refractivity (Wildman–Crippen MR) is 118 cm³/mol. The first-order valence-corrected chi connectivity index (χ1v) is 10.9. The van der Waals surface area contributed by atoms with Crippen LogP contribution in [-0.2, 0) is 12.2 Å². The number of hydrogen-bond donors (Lipinski definition) is 1. The lowest BCUT2D eigenvalue weighted by molar-refractivity contribution is 0.523.